The molecule has 0 aromatic heterocycles. The zero-order valence-corrected chi connectivity index (χ0v) is 13.2. The lowest BCUT2D eigenvalue weighted by molar-refractivity contribution is -0.146. The molecule has 1 aliphatic heterocycles. The van der Waals surface area contributed by atoms with Crippen LogP contribution >= 0.6 is 27.5 Å². The zero-order valence-electron chi connectivity index (χ0n) is 10.8. The Labute approximate surface area is 130 Å². The molecule has 1 aliphatic rings. The lowest BCUT2D eigenvalue weighted by Gasteiger charge is -2.20. The van der Waals surface area contributed by atoms with Crippen LogP contribution in [0.2, 0.25) is 5.02 Å². The maximum Gasteiger partial charge on any atom is 0.321 e. The van der Waals surface area contributed by atoms with Crippen LogP contribution in [0.25, 0.3) is 0 Å². The molecule has 20 heavy (non-hydrogen) atoms. The summed E-state index contributed by atoms with van der Waals surface area (Å²) in [6.07, 6.45) is 0.456. The maximum atomic E-state index is 12.1. The average molecular weight is 362 g/mol. The lowest BCUT2D eigenvalue weighted by Crippen LogP contribution is -2.37. The first-order chi connectivity index (χ1) is 9.32. The molecule has 5 nitrogen and oxygen atoms in total. The van der Waals surface area contributed by atoms with Gasteiger partial charge in [-0.05, 0) is 47.5 Å². The molecule has 0 saturated carbocycles. The van der Waals surface area contributed by atoms with Gasteiger partial charge in [-0.25, -0.2) is 4.79 Å². The molecule has 1 fully saturated rings. The molecule has 7 heteroatoms. The maximum absolute atomic E-state index is 12.1. The standard InChI is InChI=1S/C13H14BrClN2O3/c1-13(11(18)19)4-5-17(7-13)12(20)16-10-3-2-8(15)6-9(10)14/h2-3,6H,4-5,7H2,1H3,(H,16,20)(H,18,19). The molecule has 1 atom stereocenters. The number of amides is 2. The first-order valence-electron chi connectivity index (χ1n) is 6.06. The highest BCUT2D eigenvalue weighted by Gasteiger charge is 2.42. The van der Waals surface area contributed by atoms with E-state index >= 15 is 0 Å². The van der Waals surface area contributed by atoms with E-state index < -0.39 is 11.4 Å². The highest BCUT2D eigenvalue weighted by molar-refractivity contribution is 9.10. The van der Waals surface area contributed by atoms with Gasteiger partial charge in [-0.1, -0.05) is 11.6 Å². The molecular formula is C13H14BrClN2O3. The van der Waals surface area contributed by atoms with E-state index in [9.17, 15) is 9.59 Å². The Balaban J connectivity index is 2.05. The molecule has 0 bridgehead atoms. The van der Waals surface area contributed by atoms with Crippen LogP contribution in [0.3, 0.4) is 0 Å². The van der Waals surface area contributed by atoms with Gasteiger partial charge in [0.05, 0.1) is 11.1 Å². The van der Waals surface area contributed by atoms with Crippen LogP contribution in [0.1, 0.15) is 13.3 Å². The van der Waals surface area contributed by atoms with E-state index in [0.29, 0.717) is 28.1 Å². The quantitative estimate of drug-likeness (QED) is 0.848. The summed E-state index contributed by atoms with van der Waals surface area (Å²) in [6, 6.07) is 4.74. The number of nitrogens with zero attached hydrogens (tertiary/aromatic N) is 1. The second-order valence-electron chi connectivity index (χ2n) is 5.09. The fourth-order valence-corrected chi connectivity index (χ4v) is 2.88. The lowest BCUT2D eigenvalue weighted by atomic mass is 9.90. The van der Waals surface area contributed by atoms with E-state index in [4.69, 9.17) is 16.7 Å². The van der Waals surface area contributed by atoms with Gasteiger partial charge in [0.15, 0.2) is 0 Å². The number of anilines is 1. The number of carboxylic acid groups (broad SMARTS) is 1. The Morgan fingerprint density at radius 3 is 2.75 bits per heavy atom. The van der Waals surface area contributed by atoms with Crippen molar-refractivity contribution in [3.05, 3.63) is 27.7 Å². The molecule has 0 radical (unpaired) electrons. The zero-order chi connectivity index (χ0) is 14.9. The summed E-state index contributed by atoms with van der Waals surface area (Å²) in [5.41, 5.74) is -0.266. The number of rotatable bonds is 2. The molecule has 0 spiro atoms. The Kier molecular flexibility index (Phi) is 4.25. The van der Waals surface area contributed by atoms with Crippen LogP contribution in [0.4, 0.5) is 10.5 Å². The summed E-state index contributed by atoms with van der Waals surface area (Å²) in [6.45, 7) is 2.29. The predicted molar refractivity (Wildman–Crippen MR) is 80.1 cm³/mol. The molecule has 2 rings (SSSR count). The number of benzene rings is 1. The van der Waals surface area contributed by atoms with Crippen LogP contribution in [0.5, 0.6) is 0 Å². The van der Waals surface area contributed by atoms with E-state index in [-0.39, 0.29) is 12.6 Å². The number of carbonyl (C=O) groups excluding carboxylic acids is 1. The summed E-state index contributed by atoms with van der Waals surface area (Å²) < 4.78 is 0.679. The van der Waals surface area contributed by atoms with Crippen molar-refractivity contribution in [2.45, 2.75) is 13.3 Å². The third-order valence-corrected chi connectivity index (χ3v) is 4.34. The Bertz CT molecular complexity index is 567. The summed E-state index contributed by atoms with van der Waals surface area (Å²) in [5, 5.41) is 12.5. The Morgan fingerprint density at radius 1 is 1.50 bits per heavy atom. The number of nitrogens with one attached hydrogen (secondary N) is 1. The highest BCUT2D eigenvalue weighted by Crippen LogP contribution is 2.31. The highest BCUT2D eigenvalue weighted by atomic mass is 79.9. The molecule has 1 aromatic rings. The summed E-state index contributed by atoms with van der Waals surface area (Å²) in [4.78, 5) is 24.8. The van der Waals surface area contributed by atoms with Gasteiger partial charge in [-0.2, -0.15) is 0 Å². The first-order valence-corrected chi connectivity index (χ1v) is 7.23. The van der Waals surface area contributed by atoms with Crippen molar-refractivity contribution in [1.29, 1.82) is 0 Å². The summed E-state index contributed by atoms with van der Waals surface area (Å²) >= 11 is 9.15. The first kappa shape index (κ1) is 15.1. The van der Waals surface area contributed by atoms with Gasteiger partial charge in [0.1, 0.15) is 0 Å². The van der Waals surface area contributed by atoms with Crippen molar-refractivity contribution in [1.82, 2.24) is 4.90 Å². The monoisotopic (exact) mass is 360 g/mol. The minimum absolute atomic E-state index is 0.208. The average Bonchev–Trinajstić information content (AvgIpc) is 2.77. The van der Waals surface area contributed by atoms with Gasteiger partial charge < -0.3 is 15.3 Å². The second-order valence-corrected chi connectivity index (χ2v) is 6.38. The fourth-order valence-electron chi connectivity index (χ4n) is 2.09. The summed E-state index contributed by atoms with van der Waals surface area (Å²) in [7, 11) is 0. The fraction of sp³-hybridized carbons (Fsp3) is 0.385. The van der Waals surface area contributed by atoms with Gasteiger partial charge in [0.25, 0.3) is 0 Å². The predicted octanol–water partition coefficient (Wildman–Crippen LogP) is 3.43. The van der Waals surface area contributed by atoms with Gasteiger partial charge in [-0.15, -0.1) is 0 Å². The number of carbonyl (C=O) groups is 2. The molecule has 1 heterocycles. The van der Waals surface area contributed by atoms with Crippen molar-refractivity contribution in [2.24, 2.45) is 5.41 Å². The van der Waals surface area contributed by atoms with Crippen LogP contribution < -0.4 is 5.32 Å². The van der Waals surface area contributed by atoms with Crippen LogP contribution in [0.15, 0.2) is 22.7 Å². The molecule has 1 aromatic carbocycles. The smallest absolute Gasteiger partial charge is 0.321 e. The number of likely N-dealkylation sites (tertiary alicyclic amines) is 1. The van der Waals surface area contributed by atoms with E-state index in [1.807, 2.05) is 0 Å². The van der Waals surface area contributed by atoms with Gasteiger partial charge in [-0.3, -0.25) is 4.79 Å². The largest absolute Gasteiger partial charge is 0.481 e. The summed E-state index contributed by atoms with van der Waals surface area (Å²) in [5.74, 6) is -0.875. The Morgan fingerprint density at radius 2 is 2.20 bits per heavy atom. The van der Waals surface area contributed by atoms with E-state index in [1.165, 1.54) is 4.90 Å². The molecule has 1 unspecified atom stereocenters. The number of hydrogen-bond acceptors (Lipinski definition) is 2. The third kappa shape index (κ3) is 3.07. The van der Waals surface area contributed by atoms with Crippen molar-refractivity contribution >= 4 is 45.2 Å². The minimum Gasteiger partial charge on any atom is -0.481 e. The van der Waals surface area contributed by atoms with Crippen LogP contribution in [0, 0.1) is 5.41 Å². The van der Waals surface area contributed by atoms with Gasteiger partial charge in [0, 0.05) is 22.6 Å². The molecule has 2 amide bonds. The number of hydrogen-bond donors (Lipinski definition) is 2. The minimum atomic E-state index is -0.875. The van der Waals surface area contributed by atoms with E-state index in [2.05, 4.69) is 21.2 Å². The van der Waals surface area contributed by atoms with E-state index in [0.717, 1.165) is 0 Å². The van der Waals surface area contributed by atoms with Crippen molar-refractivity contribution < 1.29 is 14.7 Å². The van der Waals surface area contributed by atoms with E-state index in [1.54, 1.807) is 25.1 Å². The number of aliphatic carboxylic acids is 1. The molecule has 2 N–H and O–H groups in total. The van der Waals surface area contributed by atoms with Crippen molar-refractivity contribution in [3.63, 3.8) is 0 Å². The van der Waals surface area contributed by atoms with Crippen molar-refractivity contribution in [3.8, 4) is 0 Å². The molecule has 108 valence electrons. The van der Waals surface area contributed by atoms with Gasteiger partial charge in [0.2, 0.25) is 0 Å². The normalized spacial score (nSPS) is 21.9. The number of halogens is 2. The van der Waals surface area contributed by atoms with Crippen molar-refractivity contribution in [2.75, 3.05) is 18.4 Å². The Hall–Kier alpha value is -1.27. The molecular weight excluding hydrogens is 348 g/mol. The molecule has 0 aliphatic carbocycles. The second kappa shape index (κ2) is 5.61. The SMILES string of the molecule is CC1(C(=O)O)CCN(C(=O)Nc2ccc(Cl)cc2Br)C1. The number of carboxylic acids is 1. The number of urea groups is 1. The third-order valence-electron chi connectivity index (χ3n) is 3.45. The van der Waals surface area contributed by atoms with Crippen LogP contribution in [-0.4, -0.2) is 35.1 Å². The van der Waals surface area contributed by atoms with Crippen LogP contribution in [-0.2, 0) is 4.79 Å². The molecule has 1 saturated heterocycles. The topological polar surface area (TPSA) is 69.6 Å². The van der Waals surface area contributed by atoms with Gasteiger partial charge >= 0.3 is 12.0 Å².